The lowest BCUT2D eigenvalue weighted by molar-refractivity contribution is -0.154. The normalized spacial score (nSPS) is 13.3. The number of hydrogen-bond donors (Lipinski definition) is 1. The number of alkyl halides is 3. The van der Waals surface area contributed by atoms with Crippen molar-refractivity contribution in [1.82, 2.24) is 4.98 Å². The summed E-state index contributed by atoms with van der Waals surface area (Å²) in [6.07, 6.45) is -4.54. The van der Waals surface area contributed by atoms with E-state index in [4.69, 9.17) is 16.0 Å². The minimum Gasteiger partial charge on any atom is -0.477 e. The van der Waals surface area contributed by atoms with Crippen molar-refractivity contribution in [2.24, 2.45) is 0 Å². The Balaban J connectivity index is 1.80. The lowest BCUT2D eigenvalue weighted by Crippen LogP contribution is -2.27. The molecule has 0 amide bonds. The van der Waals surface area contributed by atoms with E-state index in [9.17, 15) is 18.2 Å². The van der Waals surface area contributed by atoms with Crippen molar-refractivity contribution >= 4 is 18.3 Å². The molecule has 1 aliphatic heterocycles. The third-order valence-electron chi connectivity index (χ3n) is 3.31. The Hall–Kier alpha value is -2.77. The zero-order chi connectivity index (χ0) is 18.0. The highest BCUT2D eigenvalue weighted by Crippen LogP contribution is 2.31. The maximum absolute atomic E-state index is 12.3. The predicted octanol–water partition coefficient (Wildman–Crippen LogP) is 2.58. The van der Waals surface area contributed by atoms with Gasteiger partial charge in [0.2, 0.25) is 17.4 Å². The molecule has 1 N–H and O–H groups in total. The van der Waals surface area contributed by atoms with Gasteiger partial charge in [-0.15, -0.1) is 0 Å². The summed E-state index contributed by atoms with van der Waals surface area (Å²) in [4.78, 5) is 6.88. The van der Waals surface area contributed by atoms with E-state index in [1.54, 1.807) is 18.2 Å². The largest absolute Gasteiger partial charge is 0.491 e. The number of fused-ring (bicyclic) bond motifs is 1. The predicted molar refractivity (Wildman–Crippen MR) is 81.0 cm³/mol. The number of ether oxygens (including phenoxy) is 2. The van der Waals surface area contributed by atoms with Crippen LogP contribution in [0.15, 0.2) is 30.3 Å². The van der Waals surface area contributed by atoms with Gasteiger partial charge in [-0.1, -0.05) is 6.07 Å². The molecule has 1 aliphatic rings. The zero-order valence-electron chi connectivity index (χ0n) is 12.6. The Morgan fingerprint density at radius 3 is 2.84 bits per heavy atom. The molecule has 0 bridgehead atoms. The van der Waals surface area contributed by atoms with Gasteiger partial charge in [-0.05, 0) is 35.3 Å². The quantitative estimate of drug-likeness (QED) is 0.678. The van der Waals surface area contributed by atoms with E-state index in [-0.39, 0.29) is 18.2 Å². The van der Waals surface area contributed by atoms with E-state index in [0.717, 1.165) is 5.56 Å². The van der Waals surface area contributed by atoms with Crippen molar-refractivity contribution in [1.29, 1.82) is 0 Å². The molecule has 0 radical (unpaired) electrons. The Morgan fingerprint density at radius 2 is 2.12 bits per heavy atom. The summed E-state index contributed by atoms with van der Waals surface area (Å²) < 4.78 is 52.0. The van der Waals surface area contributed by atoms with Crippen LogP contribution in [0.3, 0.4) is 0 Å². The Morgan fingerprint density at radius 1 is 1.32 bits per heavy atom. The van der Waals surface area contributed by atoms with Crippen molar-refractivity contribution in [3.63, 3.8) is 0 Å². The summed E-state index contributed by atoms with van der Waals surface area (Å²) in [6, 6.07) is 7.44. The fourth-order valence-electron chi connectivity index (χ4n) is 2.21. The molecule has 2 aromatic rings. The van der Waals surface area contributed by atoms with Gasteiger partial charge in [0, 0.05) is 0 Å². The second-order valence-corrected chi connectivity index (χ2v) is 5.12. The first-order valence-electron chi connectivity index (χ1n) is 7.04. The van der Waals surface area contributed by atoms with Crippen molar-refractivity contribution in [3.8, 4) is 17.5 Å². The molecule has 128 valence electrons. The molecular formula is C15H10BF3N2O4. The fourth-order valence-corrected chi connectivity index (χ4v) is 2.21. The van der Waals surface area contributed by atoms with Crippen molar-refractivity contribution in [2.45, 2.75) is 12.8 Å². The van der Waals surface area contributed by atoms with Crippen LogP contribution in [-0.2, 0) is 11.3 Å². The van der Waals surface area contributed by atoms with Gasteiger partial charge in [0.25, 0.3) is 0 Å². The molecule has 3 rings (SSSR count). The van der Waals surface area contributed by atoms with Crippen molar-refractivity contribution < 1.29 is 32.3 Å². The van der Waals surface area contributed by atoms with Crippen LogP contribution >= 0.6 is 0 Å². The number of nitrogens with zero attached hydrogens (tertiary/aromatic N) is 2. The number of aromatic nitrogens is 1. The number of halogens is 3. The number of pyridine rings is 1. The standard InChI is InChI=1S/C15H10BF3N2O4/c1-20-12-4-5-13(21-14(12)23-8-15(17,18)19)25-10-2-3-11-9(6-10)7-24-16(11)22/h2-6,22H,7-8H2. The molecule has 0 fully saturated rings. The average molecular weight is 350 g/mol. The van der Waals surface area contributed by atoms with Crippen LogP contribution in [0.25, 0.3) is 4.85 Å². The Bertz CT molecular complexity index is 839. The van der Waals surface area contributed by atoms with Crippen LogP contribution in [0.2, 0.25) is 0 Å². The molecule has 2 heterocycles. The molecule has 1 aromatic heterocycles. The van der Waals surface area contributed by atoms with Crippen LogP contribution in [0.4, 0.5) is 18.9 Å². The van der Waals surface area contributed by atoms with Gasteiger partial charge in [-0.25, -0.2) is 4.85 Å². The summed E-state index contributed by atoms with van der Waals surface area (Å²) >= 11 is 0. The van der Waals surface area contributed by atoms with Crippen LogP contribution in [0.5, 0.6) is 17.5 Å². The topological polar surface area (TPSA) is 65.2 Å². The first-order chi connectivity index (χ1) is 11.9. The third kappa shape index (κ3) is 4.02. The van der Waals surface area contributed by atoms with E-state index < -0.39 is 25.8 Å². The maximum atomic E-state index is 12.3. The highest BCUT2D eigenvalue weighted by atomic mass is 19.4. The molecule has 0 atom stereocenters. The number of rotatable bonds is 4. The van der Waals surface area contributed by atoms with Crippen molar-refractivity contribution in [3.05, 3.63) is 47.3 Å². The monoisotopic (exact) mass is 350 g/mol. The van der Waals surface area contributed by atoms with Gasteiger partial charge in [0.05, 0.1) is 13.2 Å². The molecule has 6 nitrogen and oxygen atoms in total. The number of benzene rings is 1. The molecule has 0 aliphatic carbocycles. The zero-order valence-corrected chi connectivity index (χ0v) is 12.6. The Kier molecular flexibility index (Phi) is 4.52. The van der Waals surface area contributed by atoms with Gasteiger partial charge >= 0.3 is 13.3 Å². The summed E-state index contributed by atoms with van der Waals surface area (Å²) in [7, 11) is -0.984. The third-order valence-corrected chi connectivity index (χ3v) is 3.31. The molecule has 0 spiro atoms. The minimum atomic E-state index is -4.54. The molecule has 0 unspecified atom stereocenters. The second kappa shape index (κ2) is 6.62. The van der Waals surface area contributed by atoms with Gasteiger partial charge in [0.15, 0.2) is 6.61 Å². The highest BCUT2D eigenvalue weighted by molar-refractivity contribution is 6.61. The van der Waals surface area contributed by atoms with Crippen molar-refractivity contribution in [2.75, 3.05) is 6.61 Å². The lowest BCUT2D eigenvalue weighted by Gasteiger charge is -2.12. The SMILES string of the molecule is [C-]#[N+]c1ccc(Oc2ccc3c(c2)COB3O)nc1OCC(F)(F)F. The smallest absolute Gasteiger partial charge is 0.477 e. The van der Waals surface area contributed by atoms with Crippen LogP contribution < -0.4 is 14.9 Å². The van der Waals surface area contributed by atoms with Crippen LogP contribution in [-0.4, -0.2) is 29.9 Å². The van der Waals surface area contributed by atoms with Crippen LogP contribution in [0, 0.1) is 6.57 Å². The molecule has 0 saturated heterocycles. The fraction of sp³-hybridized carbons (Fsp3) is 0.200. The summed E-state index contributed by atoms with van der Waals surface area (Å²) in [5, 5.41) is 9.57. The maximum Gasteiger partial charge on any atom is 0.491 e. The molecule has 25 heavy (non-hydrogen) atoms. The first kappa shape index (κ1) is 17.1. The van der Waals surface area contributed by atoms with Crippen LogP contribution in [0.1, 0.15) is 5.56 Å². The van der Waals surface area contributed by atoms with Gasteiger partial charge in [-0.2, -0.15) is 18.2 Å². The molecule has 0 saturated carbocycles. The minimum absolute atomic E-state index is 0.0241. The molecular weight excluding hydrogens is 340 g/mol. The first-order valence-corrected chi connectivity index (χ1v) is 7.04. The summed E-state index contributed by atoms with van der Waals surface area (Å²) in [5.74, 6) is -0.116. The Labute approximate surface area is 140 Å². The summed E-state index contributed by atoms with van der Waals surface area (Å²) in [5.41, 5.74) is 1.20. The van der Waals surface area contributed by atoms with Gasteiger partial charge in [-0.3, -0.25) is 0 Å². The van der Waals surface area contributed by atoms with E-state index >= 15 is 0 Å². The van der Waals surface area contributed by atoms with E-state index in [0.29, 0.717) is 11.2 Å². The molecule has 10 heteroatoms. The van der Waals surface area contributed by atoms with Gasteiger partial charge in [0.1, 0.15) is 5.75 Å². The van der Waals surface area contributed by atoms with E-state index in [1.165, 1.54) is 12.1 Å². The van der Waals surface area contributed by atoms with E-state index in [1.807, 2.05) is 0 Å². The molecule has 1 aromatic carbocycles. The highest BCUT2D eigenvalue weighted by Gasteiger charge is 2.29. The number of hydrogen-bond acceptors (Lipinski definition) is 5. The van der Waals surface area contributed by atoms with Gasteiger partial charge < -0.3 is 19.2 Å². The van der Waals surface area contributed by atoms with E-state index in [2.05, 4.69) is 14.6 Å². The lowest BCUT2D eigenvalue weighted by atomic mass is 9.80. The average Bonchev–Trinajstić information content (AvgIpc) is 2.93. The summed E-state index contributed by atoms with van der Waals surface area (Å²) in [6.45, 7) is 5.62. The second-order valence-electron chi connectivity index (χ2n) is 5.12.